The molecule has 0 bridgehead atoms. The highest BCUT2D eigenvalue weighted by Gasteiger charge is 2.15. The van der Waals surface area contributed by atoms with Crippen molar-refractivity contribution in [2.75, 3.05) is 25.6 Å². The van der Waals surface area contributed by atoms with Gasteiger partial charge in [-0.3, -0.25) is 9.59 Å². The number of halogens is 1. The van der Waals surface area contributed by atoms with E-state index in [2.05, 4.69) is 10.6 Å². The highest BCUT2D eigenvalue weighted by Crippen LogP contribution is 2.15. The van der Waals surface area contributed by atoms with Gasteiger partial charge in [0.25, 0.3) is 5.91 Å². The van der Waals surface area contributed by atoms with Gasteiger partial charge in [-0.25, -0.2) is 0 Å². The molecule has 2 amide bonds. The summed E-state index contributed by atoms with van der Waals surface area (Å²) in [5.41, 5.74) is 0.833. The summed E-state index contributed by atoms with van der Waals surface area (Å²) >= 11 is 5.68. The van der Waals surface area contributed by atoms with Gasteiger partial charge in [-0.15, -0.1) is 11.6 Å². The molecule has 0 aliphatic heterocycles. The zero-order chi connectivity index (χ0) is 14.3. The Morgan fingerprint density at radius 2 is 2.05 bits per heavy atom. The van der Waals surface area contributed by atoms with Gasteiger partial charge in [-0.1, -0.05) is 12.1 Å². The predicted molar refractivity (Wildman–Crippen MR) is 74.6 cm³/mol. The summed E-state index contributed by atoms with van der Waals surface area (Å²) in [5, 5.41) is 4.65. The standard InChI is InChI=1S/C13H17ClN2O3/c1-9(14)12(17)16-11-6-4-3-5-10(11)13(18)15-7-8-19-2/h3-6,9H,7-8H2,1-2H3,(H,15,18)(H,16,17). The SMILES string of the molecule is COCCNC(=O)c1ccccc1NC(=O)C(C)Cl. The number of nitrogens with one attached hydrogen (secondary N) is 2. The molecule has 6 heteroatoms. The van der Waals surface area contributed by atoms with E-state index in [0.717, 1.165) is 0 Å². The summed E-state index contributed by atoms with van der Waals surface area (Å²) in [6, 6.07) is 6.75. The van der Waals surface area contributed by atoms with E-state index >= 15 is 0 Å². The second-order valence-corrected chi connectivity index (χ2v) is 4.55. The van der Waals surface area contributed by atoms with Crippen LogP contribution in [0.4, 0.5) is 5.69 Å². The van der Waals surface area contributed by atoms with E-state index in [9.17, 15) is 9.59 Å². The smallest absolute Gasteiger partial charge is 0.253 e. The monoisotopic (exact) mass is 284 g/mol. The Morgan fingerprint density at radius 1 is 1.37 bits per heavy atom. The summed E-state index contributed by atoms with van der Waals surface area (Å²) in [5.74, 6) is -0.617. The van der Waals surface area contributed by atoms with E-state index in [1.807, 2.05) is 0 Å². The minimum absolute atomic E-state index is 0.268. The number of hydrogen-bond acceptors (Lipinski definition) is 3. The number of methoxy groups -OCH3 is 1. The maximum atomic E-state index is 11.9. The number of carbonyl (C=O) groups is 2. The van der Waals surface area contributed by atoms with Crippen LogP contribution in [0.2, 0.25) is 0 Å². The fraction of sp³-hybridized carbons (Fsp3) is 0.385. The van der Waals surface area contributed by atoms with Crippen molar-refractivity contribution in [2.24, 2.45) is 0 Å². The number of carbonyl (C=O) groups excluding carboxylic acids is 2. The van der Waals surface area contributed by atoms with Crippen molar-refractivity contribution in [3.63, 3.8) is 0 Å². The number of anilines is 1. The number of alkyl halides is 1. The number of benzene rings is 1. The summed E-state index contributed by atoms with van der Waals surface area (Å²) in [6.45, 7) is 2.40. The average molecular weight is 285 g/mol. The topological polar surface area (TPSA) is 67.4 Å². The lowest BCUT2D eigenvalue weighted by molar-refractivity contribution is -0.115. The normalized spacial score (nSPS) is 11.7. The first-order chi connectivity index (χ1) is 9.06. The van der Waals surface area contributed by atoms with E-state index < -0.39 is 5.38 Å². The van der Waals surface area contributed by atoms with Crippen LogP contribution in [0, 0.1) is 0 Å². The molecule has 19 heavy (non-hydrogen) atoms. The third kappa shape index (κ3) is 4.89. The van der Waals surface area contributed by atoms with Crippen molar-refractivity contribution in [2.45, 2.75) is 12.3 Å². The highest BCUT2D eigenvalue weighted by molar-refractivity contribution is 6.32. The van der Waals surface area contributed by atoms with Crippen LogP contribution in [0.5, 0.6) is 0 Å². The first-order valence-electron chi connectivity index (χ1n) is 5.87. The quantitative estimate of drug-likeness (QED) is 0.616. The lowest BCUT2D eigenvalue weighted by Crippen LogP contribution is -2.29. The largest absolute Gasteiger partial charge is 0.383 e. The molecule has 1 aromatic rings. The number of para-hydroxylation sites is 1. The molecule has 1 aromatic carbocycles. The molecule has 2 N–H and O–H groups in total. The van der Waals surface area contributed by atoms with E-state index in [4.69, 9.17) is 16.3 Å². The molecular formula is C13H17ClN2O3. The van der Waals surface area contributed by atoms with Crippen molar-refractivity contribution in [1.82, 2.24) is 5.32 Å². The molecule has 0 heterocycles. The van der Waals surface area contributed by atoms with E-state index in [1.165, 1.54) is 0 Å². The zero-order valence-corrected chi connectivity index (χ0v) is 11.7. The molecule has 0 saturated heterocycles. The van der Waals surface area contributed by atoms with Gasteiger partial charge in [0.05, 0.1) is 17.9 Å². The summed E-state index contributed by atoms with van der Waals surface area (Å²) in [7, 11) is 1.56. The number of amides is 2. The number of rotatable bonds is 6. The second kappa shape index (κ2) is 7.76. The lowest BCUT2D eigenvalue weighted by Gasteiger charge is -2.12. The van der Waals surface area contributed by atoms with Gasteiger partial charge in [0.2, 0.25) is 5.91 Å². The molecule has 1 atom stereocenters. The predicted octanol–water partition coefficient (Wildman–Crippen LogP) is 1.63. The van der Waals surface area contributed by atoms with E-state index in [0.29, 0.717) is 24.4 Å². The van der Waals surface area contributed by atoms with Gasteiger partial charge in [-0.2, -0.15) is 0 Å². The molecular weight excluding hydrogens is 268 g/mol. The molecule has 1 unspecified atom stereocenters. The van der Waals surface area contributed by atoms with Crippen molar-refractivity contribution >= 4 is 29.1 Å². The minimum atomic E-state index is -0.662. The van der Waals surface area contributed by atoms with Crippen molar-refractivity contribution in [1.29, 1.82) is 0 Å². The van der Waals surface area contributed by atoms with Gasteiger partial charge in [0.15, 0.2) is 0 Å². The first-order valence-corrected chi connectivity index (χ1v) is 6.31. The molecule has 0 aromatic heterocycles. The third-order valence-electron chi connectivity index (χ3n) is 2.38. The molecule has 0 aliphatic carbocycles. The molecule has 104 valence electrons. The van der Waals surface area contributed by atoms with Gasteiger partial charge in [0.1, 0.15) is 5.38 Å². The van der Waals surface area contributed by atoms with Gasteiger partial charge in [0, 0.05) is 13.7 Å². The maximum absolute atomic E-state index is 11.9. The Labute approximate surface area is 117 Å². The van der Waals surface area contributed by atoms with E-state index in [1.54, 1.807) is 38.3 Å². The lowest BCUT2D eigenvalue weighted by atomic mass is 10.1. The Morgan fingerprint density at radius 3 is 2.68 bits per heavy atom. The fourth-order valence-electron chi connectivity index (χ4n) is 1.38. The van der Waals surface area contributed by atoms with Crippen LogP contribution in [0.3, 0.4) is 0 Å². The van der Waals surface area contributed by atoms with Gasteiger partial charge in [-0.05, 0) is 19.1 Å². The van der Waals surface area contributed by atoms with Gasteiger partial charge >= 0.3 is 0 Å². The fourth-order valence-corrected chi connectivity index (χ4v) is 1.44. The highest BCUT2D eigenvalue weighted by atomic mass is 35.5. The first kappa shape index (κ1) is 15.5. The number of hydrogen-bond donors (Lipinski definition) is 2. The molecule has 0 spiro atoms. The Kier molecular flexibility index (Phi) is 6.32. The molecule has 1 rings (SSSR count). The Balaban J connectivity index is 2.77. The molecule has 0 radical (unpaired) electrons. The molecule has 0 fully saturated rings. The van der Waals surface area contributed by atoms with E-state index in [-0.39, 0.29) is 11.8 Å². The second-order valence-electron chi connectivity index (χ2n) is 3.90. The summed E-state index contributed by atoms with van der Waals surface area (Å²) in [4.78, 5) is 23.5. The van der Waals surface area contributed by atoms with Crippen LogP contribution in [0.25, 0.3) is 0 Å². The summed E-state index contributed by atoms with van der Waals surface area (Å²) in [6.07, 6.45) is 0. The Hall–Kier alpha value is -1.59. The Bertz CT molecular complexity index is 449. The molecule has 5 nitrogen and oxygen atoms in total. The molecule has 0 aliphatic rings. The van der Waals surface area contributed by atoms with Crippen LogP contribution in [0.15, 0.2) is 24.3 Å². The zero-order valence-electron chi connectivity index (χ0n) is 10.9. The van der Waals surface area contributed by atoms with Crippen LogP contribution >= 0.6 is 11.6 Å². The average Bonchev–Trinajstić information content (AvgIpc) is 2.39. The van der Waals surface area contributed by atoms with Crippen molar-refractivity contribution in [3.8, 4) is 0 Å². The third-order valence-corrected chi connectivity index (χ3v) is 2.58. The minimum Gasteiger partial charge on any atom is -0.383 e. The molecule has 0 saturated carbocycles. The number of ether oxygens (including phenoxy) is 1. The van der Waals surface area contributed by atoms with Crippen LogP contribution in [-0.4, -0.2) is 37.5 Å². The van der Waals surface area contributed by atoms with Crippen LogP contribution < -0.4 is 10.6 Å². The van der Waals surface area contributed by atoms with Crippen molar-refractivity contribution in [3.05, 3.63) is 29.8 Å². The summed E-state index contributed by atoms with van der Waals surface area (Å²) < 4.78 is 4.85. The van der Waals surface area contributed by atoms with Gasteiger partial charge < -0.3 is 15.4 Å². The maximum Gasteiger partial charge on any atom is 0.253 e. The van der Waals surface area contributed by atoms with Crippen molar-refractivity contribution < 1.29 is 14.3 Å². The van der Waals surface area contributed by atoms with Crippen LogP contribution in [-0.2, 0) is 9.53 Å². The van der Waals surface area contributed by atoms with Crippen LogP contribution in [0.1, 0.15) is 17.3 Å².